The molecule has 15 heavy (non-hydrogen) atoms. The summed E-state index contributed by atoms with van der Waals surface area (Å²) in [6, 6.07) is 6.51. The van der Waals surface area contributed by atoms with E-state index < -0.39 is 0 Å². The Morgan fingerprint density at radius 1 is 1.27 bits per heavy atom. The summed E-state index contributed by atoms with van der Waals surface area (Å²) in [5.74, 6) is 0. The SMILES string of the molecule is Cc1ccc(N(C)CC(C)(C)N)c(C)c1. The molecule has 0 aliphatic rings. The molecule has 0 aliphatic heterocycles. The van der Waals surface area contributed by atoms with Gasteiger partial charge in [-0.2, -0.15) is 0 Å². The molecule has 2 N–H and O–H groups in total. The zero-order valence-electron chi connectivity index (χ0n) is 10.5. The third-order valence-corrected chi connectivity index (χ3v) is 2.41. The van der Waals surface area contributed by atoms with Crippen molar-refractivity contribution < 1.29 is 0 Å². The van der Waals surface area contributed by atoms with E-state index in [9.17, 15) is 0 Å². The van der Waals surface area contributed by atoms with E-state index in [-0.39, 0.29) is 5.54 Å². The lowest BCUT2D eigenvalue weighted by molar-refractivity contribution is 0.519. The van der Waals surface area contributed by atoms with Crippen molar-refractivity contribution in [3.63, 3.8) is 0 Å². The third kappa shape index (κ3) is 3.56. The molecule has 0 radical (unpaired) electrons. The van der Waals surface area contributed by atoms with Crippen LogP contribution < -0.4 is 10.6 Å². The van der Waals surface area contributed by atoms with Gasteiger partial charge in [-0.1, -0.05) is 17.7 Å². The highest BCUT2D eigenvalue weighted by Crippen LogP contribution is 2.20. The maximum absolute atomic E-state index is 6.01. The number of hydrogen-bond donors (Lipinski definition) is 1. The Labute approximate surface area is 93.1 Å². The number of rotatable bonds is 3. The van der Waals surface area contributed by atoms with Crippen LogP contribution in [0.2, 0.25) is 0 Å². The molecule has 0 saturated carbocycles. The molecule has 84 valence electrons. The second-order valence-corrected chi connectivity index (χ2v) is 5.13. The van der Waals surface area contributed by atoms with Gasteiger partial charge < -0.3 is 10.6 Å². The van der Waals surface area contributed by atoms with Crippen LogP contribution in [0.3, 0.4) is 0 Å². The molecule has 0 aromatic heterocycles. The Bertz CT molecular complexity index is 337. The average Bonchev–Trinajstić information content (AvgIpc) is 1.99. The Morgan fingerprint density at radius 2 is 1.87 bits per heavy atom. The molecule has 0 saturated heterocycles. The molecule has 1 rings (SSSR count). The molecule has 1 aromatic rings. The molecular formula is C13H22N2. The standard InChI is InChI=1S/C13H22N2/c1-10-6-7-12(11(2)8-10)15(5)9-13(3,4)14/h6-8H,9,14H2,1-5H3. The first kappa shape index (κ1) is 12.1. The van der Waals surface area contributed by atoms with Gasteiger partial charge in [-0.05, 0) is 39.3 Å². The van der Waals surface area contributed by atoms with E-state index in [1.807, 2.05) is 13.8 Å². The number of anilines is 1. The summed E-state index contributed by atoms with van der Waals surface area (Å²) in [5, 5.41) is 0. The van der Waals surface area contributed by atoms with E-state index in [0.717, 1.165) is 6.54 Å². The van der Waals surface area contributed by atoms with Gasteiger partial charge in [-0.3, -0.25) is 0 Å². The molecule has 0 spiro atoms. The van der Waals surface area contributed by atoms with Crippen LogP contribution in [0.15, 0.2) is 18.2 Å². The van der Waals surface area contributed by atoms with Gasteiger partial charge in [0.05, 0.1) is 0 Å². The molecule has 0 fully saturated rings. The summed E-state index contributed by atoms with van der Waals surface area (Å²) in [7, 11) is 2.09. The summed E-state index contributed by atoms with van der Waals surface area (Å²) in [5.41, 5.74) is 9.72. The monoisotopic (exact) mass is 206 g/mol. The second kappa shape index (κ2) is 4.23. The largest absolute Gasteiger partial charge is 0.373 e. The Balaban J connectivity index is 2.87. The van der Waals surface area contributed by atoms with Crippen molar-refractivity contribution in [1.29, 1.82) is 0 Å². The molecule has 0 bridgehead atoms. The first-order chi connectivity index (χ1) is 6.79. The number of nitrogens with two attached hydrogens (primary N) is 1. The van der Waals surface area contributed by atoms with Gasteiger partial charge in [0, 0.05) is 24.8 Å². The lowest BCUT2D eigenvalue weighted by Crippen LogP contribution is -2.44. The van der Waals surface area contributed by atoms with Crippen molar-refractivity contribution in [1.82, 2.24) is 0 Å². The molecule has 0 amide bonds. The molecule has 0 unspecified atom stereocenters. The summed E-state index contributed by atoms with van der Waals surface area (Å²) >= 11 is 0. The Kier molecular flexibility index (Phi) is 3.40. The van der Waals surface area contributed by atoms with Gasteiger partial charge in [-0.25, -0.2) is 0 Å². The normalized spacial score (nSPS) is 11.6. The minimum atomic E-state index is -0.161. The fourth-order valence-corrected chi connectivity index (χ4v) is 1.93. The number of likely N-dealkylation sites (N-methyl/N-ethyl adjacent to an activating group) is 1. The van der Waals surface area contributed by atoms with Crippen molar-refractivity contribution >= 4 is 5.69 Å². The van der Waals surface area contributed by atoms with E-state index in [4.69, 9.17) is 5.73 Å². The van der Waals surface area contributed by atoms with Crippen LogP contribution in [0.4, 0.5) is 5.69 Å². The molecule has 0 aliphatic carbocycles. The lowest BCUT2D eigenvalue weighted by atomic mass is 10.0. The van der Waals surface area contributed by atoms with Crippen molar-refractivity contribution in [2.24, 2.45) is 5.73 Å². The van der Waals surface area contributed by atoms with Crippen molar-refractivity contribution in [2.45, 2.75) is 33.2 Å². The maximum atomic E-state index is 6.01. The van der Waals surface area contributed by atoms with Gasteiger partial charge in [0.25, 0.3) is 0 Å². The van der Waals surface area contributed by atoms with Gasteiger partial charge in [0.1, 0.15) is 0 Å². The summed E-state index contributed by atoms with van der Waals surface area (Å²) in [4.78, 5) is 2.22. The predicted octanol–water partition coefficient (Wildman–Crippen LogP) is 2.48. The first-order valence-corrected chi connectivity index (χ1v) is 5.37. The number of benzene rings is 1. The molecular weight excluding hydrogens is 184 g/mol. The van der Waals surface area contributed by atoms with Crippen LogP contribution in [0.5, 0.6) is 0 Å². The first-order valence-electron chi connectivity index (χ1n) is 5.37. The molecule has 0 heterocycles. The molecule has 0 atom stereocenters. The van der Waals surface area contributed by atoms with Gasteiger partial charge in [-0.15, -0.1) is 0 Å². The summed E-state index contributed by atoms with van der Waals surface area (Å²) in [6.07, 6.45) is 0. The van der Waals surface area contributed by atoms with Crippen LogP contribution >= 0.6 is 0 Å². The zero-order chi connectivity index (χ0) is 11.6. The molecule has 1 aromatic carbocycles. The van der Waals surface area contributed by atoms with Crippen molar-refractivity contribution in [3.8, 4) is 0 Å². The fraction of sp³-hybridized carbons (Fsp3) is 0.538. The van der Waals surface area contributed by atoms with Crippen LogP contribution in [0.25, 0.3) is 0 Å². The van der Waals surface area contributed by atoms with Crippen LogP contribution in [0.1, 0.15) is 25.0 Å². The van der Waals surface area contributed by atoms with E-state index in [1.165, 1.54) is 16.8 Å². The Morgan fingerprint density at radius 3 is 2.33 bits per heavy atom. The minimum Gasteiger partial charge on any atom is -0.373 e. The smallest absolute Gasteiger partial charge is 0.0394 e. The zero-order valence-corrected chi connectivity index (χ0v) is 10.5. The third-order valence-electron chi connectivity index (χ3n) is 2.41. The van der Waals surface area contributed by atoms with E-state index in [1.54, 1.807) is 0 Å². The van der Waals surface area contributed by atoms with Gasteiger partial charge in [0.2, 0.25) is 0 Å². The van der Waals surface area contributed by atoms with E-state index >= 15 is 0 Å². The summed E-state index contributed by atoms with van der Waals surface area (Å²) < 4.78 is 0. The second-order valence-electron chi connectivity index (χ2n) is 5.13. The highest BCUT2D eigenvalue weighted by atomic mass is 15.1. The van der Waals surface area contributed by atoms with Crippen LogP contribution in [-0.4, -0.2) is 19.1 Å². The lowest BCUT2D eigenvalue weighted by Gasteiger charge is -2.29. The van der Waals surface area contributed by atoms with Crippen molar-refractivity contribution in [2.75, 3.05) is 18.5 Å². The topological polar surface area (TPSA) is 29.3 Å². The number of aryl methyl sites for hydroxylation is 2. The van der Waals surface area contributed by atoms with Crippen LogP contribution in [-0.2, 0) is 0 Å². The van der Waals surface area contributed by atoms with E-state index in [2.05, 4.69) is 44.0 Å². The molecule has 2 heteroatoms. The maximum Gasteiger partial charge on any atom is 0.0394 e. The summed E-state index contributed by atoms with van der Waals surface area (Å²) in [6.45, 7) is 9.21. The van der Waals surface area contributed by atoms with Crippen molar-refractivity contribution in [3.05, 3.63) is 29.3 Å². The predicted molar refractivity (Wildman–Crippen MR) is 67.5 cm³/mol. The van der Waals surface area contributed by atoms with E-state index in [0.29, 0.717) is 0 Å². The highest BCUT2D eigenvalue weighted by molar-refractivity contribution is 5.54. The quantitative estimate of drug-likeness (QED) is 0.823. The molecule has 2 nitrogen and oxygen atoms in total. The van der Waals surface area contributed by atoms with Gasteiger partial charge in [0.15, 0.2) is 0 Å². The fourth-order valence-electron chi connectivity index (χ4n) is 1.93. The minimum absolute atomic E-state index is 0.161. The Hall–Kier alpha value is -1.02. The highest BCUT2D eigenvalue weighted by Gasteiger charge is 2.15. The average molecular weight is 206 g/mol. The van der Waals surface area contributed by atoms with Gasteiger partial charge >= 0.3 is 0 Å². The number of hydrogen-bond acceptors (Lipinski definition) is 2. The number of nitrogens with zero attached hydrogens (tertiary/aromatic N) is 1. The van der Waals surface area contributed by atoms with Crippen LogP contribution in [0, 0.1) is 13.8 Å².